The zero-order valence-corrected chi connectivity index (χ0v) is 12.4. The summed E-state index contributed by atoms with van der Waals surface area (Å²) in [6.45, 7) is 3.30. The van der Waals surface area contributed by atoms with Crippen LogP contribution in [0.5, 0.6) is 0 Å². The minimum atomic E-state index is 0.464. The molecule has 0 amide bonds. The smallest absolute Gasteiger partial charge is 0.0763 e. The minimum Gasteiger partial charge on any atom is -0.301 e. The second kappa shape index (κ2) is 6.18. The molecule has 0 spiro atoms. The van der Waals surface area contributed by atoms with Gasteiger partial charge in [-0.3, -0.25) is 0 Å². The van der Waals surface area contributed by atoms with Gasteiger partial charge in [-0.1, -0.05) is 48.5 Å². The first-order valence-electron chi connectivity index (χ1n) is 7.80. The van der Waals surface area contributed by atoms with Gasteiger partial charge in [0.2, 0.25) is 0 Å². The Kier molecular flexibility index (Phi) is 3.91. The quantitative estimate of drug-likeness (QED) is 0.913. The summed E-state index contributed by atoms with van der Waals surface area (Å²) in [6, 6.07) is 17.6. The molecule has 2 aromatic carbocycles. The highest BCUT2D eigenvalue weighted by molar-refractivity contribution is 5.64. The summed E-state index contributed by atoms with van der Waals surface area (Å²) in [7, 11) is 0. The topological polar surface area (TPSA) is 42.5 Å². The highest BCUT2D eigenvalue weighted by atomic mass is 16.7. The highest BCUT2D eigenvalue weighted by Crippen LogP contribution is 2.26. The summed E-state index contributed by atoms with van der Waals surface area (Å²) in [5, 5.41) is 0. The van der Waals surface area contributed by atoms with Gasteiger partial charge in [-0.2, -0.15) is 0 Å². The number of hydrogen-bond donors (Lipinski definition) is 2. The van der Waals surface area contributed by atoms with Gasteiger partial charge in [0.1, 0.15) is 0 Å². The maximum absolute atomic E-state index is 5.22. The Morgan fingerprint density at radius 3 is 1.36 bits per heavy atom. The second-order valence-electron chi connectivity index (χ2n) is 5.96. The summed E-state index contributed by atoms with van der Waals surface area (Å²) in [5.74, 6) is 0.928. The lowest BCUT2D eigenvalue weighted by atomic mass is 9.95. The van der Waals surface area contributed by atoms with Crippen LogP contribution in [0.2, 0.25) is 0 Å². The van der Waals surface area contributed by atoms with Crippen LogP contribution >= 0.6 is 0 Å². The molecule has 2 atom stereocenters. The van der Waals surface area contributed by atoms with E-state index in [4.69, 9.17) is 9.68 Å². The molecule has 4 heteroatoms. The van der Waals surface area contributed by atoms with E-state index in [1.165, 1.54) is 22.3 Å². The van der Waals surface area contributed by atoms with Crippen LogP contribution in [0.3, 0.4) is 0 Å². The number of hydrogen-bond acceptors (Lipinski definition) is 4. The molecule has 0 aromatic heterocycles. The predicted molar refractivity (Wildman–Crippen MR) is 85.3 cm³/mol. The van der Waals surface area contributed by atoms with Crippen molar-refractivity contribution in [3.63, 3.8) is 0 Å². The van der Waals surface area contributed by atoms with Crippen LogP contribution in [0.15, 0.2) is 48.5 Å². The van der Waals surface area contributed by atoms with E-state index in [2.05, 4.69) is 59.5 Å². The Morgan fingerprint density at radius 1 is 0.636 bits per heavy atom. The fraction of sp³-hybridized carbons (Fsp3) is 0.333. The molecule has 4 nitrogen and oxygen atoms in total. The van der Waals surface area contributed by atoms with Gasteiger partial charge in [0.05, 0.1) is 13.2 Å². The largest absolute Gasteiger partial charge is 0.301 e. The molecule has 0 bridgehead atoms. The van der Waals surface area contributed by atoms with Crippen LogP contribution < -0.4 is 11.0 Å². The molecule has 2 aliphatic heterocycles. The lowest BCUT2D eigenvalue weighted by molar-refractivity contribution is 0.101. The van der Waals surface area contributed by atoms with Crippen LogP contribution in [0, 0.1) is 0 Å². The third kappa shape index (κ3) is 2.78. The van der Waals surface area contributed by atoms with Gasteiger partial charge in [-0.25, -0.2) is 11.0 Å². The number of nitrogens with one attached hydrogen (secondary N) is 2. The molecular formula is C18H20N2O2. The van der Waals surface area contributed by atoms with Crippen LogP contribution in [-0.4, -0.2) is 26.3 Å². The Bertz CT molecular complexity index is 555. The molecule has 2 N–H and O–H groups in total. The molecule has 0 aliphatic carbocycles. The predicted octanol–water partition coefficient (Wildman–Crippen LogP) is 2.59. The first-order chi connectivity index (χ1) is 10.9. The van der Waals surface area contributed by atoms with E-state index >= 15 is 0 Å². The van der Waals surface area contributed by atoms with Crippen molar-refractivity contribution >= 4 is 0 Å². The van der Waals surface area contributed by atoms with E-state index in [0.717, 1.165) is 26.3 Å². The first kappa shape index (κ1) is 13.9. The van der Waals surface area contributed by atoms with E-state index in [1.807, 2.05) is 0 Å². The Labute approximate surface area is 130 Å². The summed E-state index contributed by atoms with van der Waals surface area (Å²) in [6.07, 6.45) is 0. The zero-order chi connectivity index (χ0) is 14.8. The standard InChI is InChI=1S/C18H20N2O2/c1-5-15(17-9-19-21-11-17)6-2-13(1)14-3-7-16(8-4-14)18-10-20-22-12-18/h1-8,17-20H,9-12H2. The van der Waals surface area contributed by atoms with Crippen molar-refractivity contribution in [1.29, 1.82) is 0 Å². The first-order valence-corrected chi connectivity index (χ1v) is 7.80. The summed E-state index contributed by atoms with van der Waals surface area (Å²) in [5.41, 5.74) is 11.0. The van der Waals surface area contributed by atoms with Gasteiger partial charge in [0.15, 0.2) is 0 Å². The van der Waals surface area contributed by atoms with E-state index in [1.54, 1.807) is 0 Å². The van der Waals surface area contributed by atoms with Crippen molar-refractivity contribution in [2.45, 2.75) is 11.8 Å². The minimum absolute atomic E-state index is 0.464. The molecule has 2 fully saturated rings. The van der Waals surface area contributed by atoms with Crippen molar-refractivity contribution in [3.8, 4) is 11.1 Å². The lowest BCUT2D eigenvalue weighted by Crippen LogP contribution is -2.07. The fourth-order valence-corrected chi connectivity index (χ4v) is 3.08. The van der Waals surface area contributed by atoms with Crippen LogP contribution in [0.25, 0.3) is 11.1 Å². The summed E-state index contributed by atoms with van der Waals surface area (Å²) < 4.78 is 0. The van der Waals surface area contributed by atoms with E-state index in [-0.39, 0.29) is 0 Å². The highest BCUT2D eigenvalue weighted by Gasteiger charge is 2.18. The molecule has 4 rings (SSSR count). The average molecular weight is 296 g/mol. The van der Waals surface area contributed by atoms with Crippen LogP contribution in [-0.2, 0) is 9.68 Å². The van der Waals surface area contributed by atoms with E-state index in [9.17, 15) is 0 Å². The van der Waals surface area contributed by atoms with Crippen molar-refractivity contribution in [3.05, 3.63) is 59.7 Å². The molecule has 0 saturated carbocycles. The molecule has 22 heavy (non-hydrogen) atoms. The normalized spacial score (nSPS) is 24.7. The monoisotopic (exact) mass is 296 g/mol. The van der Waals surface area contributed by atoms with Crippen molar-refractivity contribution in [2.24, 2.45) is 0 Å². The lowest BCUT2D eigenvalue weighted by Gasteiger charge is -2.10. The van der Waals surface area contributed by atoms with Crippen LogP contribution in [0.1, 0.15) is 23.0 Å². The Hall–Kier alpha value is -1.72. The number of hydroxylamine groups is 2. The third-order valence-corrected chi connectivity index (χ3v) is 4.53. The van der Waals surface area contributed by atoms with Crippen molar-refractivity contribution in [2.75, 3.05) is 26.3 Å². The molecule has 2 saturated heterocycles. The average Bonchev–Trinajstić information content (AvgIpc) is 3.29. The van der Waals surface area contributed by atoms with Gasteiger partial charge in [-0.15, -0.1) is 0 Å². The van der Waals surface area contributed by atoms with E-state index < -0.39 is 0 Å². The van der Waals surface area contributed by atoms with Gasteiger partial charge < -0.3 is 9.68 Å². The number of rotatable bonds is 3. The molecular weight excluding hydrogens is 276 g/mol. The Morgan fingerprint density at radius 2 is 1.05 bits per heavy atom. The van der Waals surface area contributed by atoms with Gasteiger partial charge in [-0.05, 0) is 22.3 Å². The summed E-state index contributed by atoms with van der Waals surface area (Å²) in [4.78, 5) is 10.4. The van der Waals surface area contributed by atoms with Crippen molar-refractivity contribution < 1.29 is 9.68 Å². The zero-order valence-electron chi connectivity index (χ0n) is 12.4. The molecule has 114 valence electrons. The molecule has 2 aliphatic rings. The maximum atomic E-state index is 5.22. The third-order valence-electron chi connectivity index (χ3n) is 4.53. The van der Waals surface area contributed by atoms with Gasteiger partial charge in [0.25, 0.3) is 0 Å². The SMILES string of the molecule is c1cc(C2CNOC2)ccc1-c1ccc(C2CNOC2)cc1. The van der Waals surface area contributed by atoms with Gasteiger partial charge >= 0.3 is 0 Å². The molecule has 0 radical (unpaired) electrons. The summed E-state index contributed by atoms with van der Waals surface area (Å²) >= 11 is 0. The molecule has 2 heterocycles. The number of benzene rings is 2. The maximum Gasteiger partial charge on any atom is 0.0763 e. The second-order valence-corrected chi connectivity index (χ2v) is 5.96. The molecule has 2 unspecified atom stereocenters. The molecule has 2 aromatic rings. The fourth-order valence-electron chi connectivity index (χ4n) is 3.08. The van der Waals surface area contributed by atoms with Gasteiger partial charge in [0, 0.05) is 24.9 Å². The van der Waals surface area contributed by atoms with Crippen LogP contribution in [0.4, 0.5) is 0 Å². The van der Waals surface area contributed by atoms with E-state index in [0.29, 0.717) is 11.8 Å². The Balaban J connectivity index is 1.51. The van der Waals surface area contributed by atoms with Crippen molar-refractivity contribution in [1.82, 2.24) is 11.0 Å².